The van der Waals surface area contributed by atoms with Crippen LogP contribution in [0, 0.1) is 17.8 Å². The van der Waals surface area contributed by atoms with Crippen molar-refractivity contribution in [2.45, 2.75) is 40.7 Å². The molecule has 0 aromatic carbocycles. The van der Waals surface area contributed by atoms with Gasteiger partial charge < -0.3 is 4.90 Å². The number of rotatable bonds is 1. The average Bonchev–Trinajstić information content (AvgIpc) is 2.08. The third kappa shape index (κ3) is 1.66. The largest absolute Gasteiger partial charge is 0.300 e. The molecule has 72 valence electrons. The first-order chi connectivity index (χ1) is 5.57. The van der Waals surface area contributed by atoms with Crippen LogP contribution in [0.25, 0.3) is 0 Å². The van der Waals surface area contributed by atoms with Crippen LogP contribution in [0.1, 0.15) is 34.6 Å². The van der Waals surface area contributed by atoms with E-state index in [1.165, 1.54) is 13.1 Å². The van der Waals surface area contributed by atoms with E-state index in [0.717, 1.165) is 23.8 Å². The van der Waals surface area contributed by atoms with Crippen LogP contribution >= 0.6 is 0 Å². The Morgan fingerprint density at radius 3 is 2.17 bits per heavy atom. The maximum absolute atomic E-state index is 2.61. The molecule has 0 amide bonds. The van der Waals surface area contributed by atoms with Gasteiger partial charge in [0.1, 0.15) is 0 Å². The summed E-state index contributed by atoms with van der Waals surface area (Å²) in [6.07, 6.45) is 0. The van der Waals surface area contributed by atoms with Gasteiger partial charge in [-0.2, -0.15) is 0 Å². The van der Waals surface area contributed by atoms with Crippen molar-refractivity contribution >= 4 is 0 Å². The first kappa shape index (κ1) is 10.0. The number of hydrogen-bond donors (Lipinski definition) is 0. The van der Waals surface area contributed by atoms with Crippen LogP contribution in [-0.4, -0.2) is 24.0 Å². The fourth-order valence-corrected chi connectivity index (χ4v) is 2.41. The zero-order chi connectivity index (χ0) is 9.30. The van der Waals surface area contributed by atoms with Gasteiger partial charge in [-0.05, 0) is 31.2 Å². The average molecular weight is 169 g/mol. The lowest BCUT2D eigenvalue weighted by molar-refractivity contribution is 0.0393. The Kier molecular flexibility index (Phi) is 3.16. The fourth-order valence-electron chi connectivity index (χ4n) is 2.41. The van der Waals surface area contributed by atoms with Gasteiger partial charge in [-0.25, -0.2) is 0 Å². The molecule has 1 nitrogen and oxygen atoms in total. The zero-order valence-electron chi connectivity index (χ0n) is 9.17. The van der Waals surface area contributed by atoms with Gasteiger partial charge in [0.15, 0.2) is 0 Å². The number of likely N-dealkylation sites (tertiary alicyclic amines) is 1. The van der Waals surface area contributed by atoms with Crippen LogP contribution in [0.2, 0.25) is 0 Å². The first-order valence-corrected chi connectivity index (χ1v) is 5.32. The monoisotopic (exact) mass is 169 g/mol. The molecule has 4 atom stereocenters. The predicted octanol–water partition coefficient (Wildman–Crippen LogP) is 2.62. The van der Waals surface area contributed by atoms with Crippen LogP contribution in [0.5, 0.6) is 0 Å². The highest BCUT2D eigenvalue weighted by Crippen LogP contribution is 2.31. The third-order valence-electron chi connectivity index (χ3n) is 3.99. The Hall–Kier alpha value is -0.0400. The van der Waals surface area contributed by atoms with E-state index >= 15 is 0 Å². The number of hydrogen-bond acceptors (Lipinski definition) is 1. The summed E-state index contributed by atoms with van der Waals surface area (Å²) in [5.41, 5.74) is 0. The predicted molar refractivity (Wildman–Crippen MR) is 54.2 cm³/mol. The van der Waals surface area contributed by atoms with E-state index < -0.39 is 0 Å². The van der Waals surface area contributed by atoms with Crippen molar-refractivity contribution in [3.63, 3.8) is 0 Å². The fraction of sp³-hybridized carbons (Fsp3) is 1.00. The maximum atomic E-state index is 2.61. The van der Waals surface area contributed by atoms with Crippen LogP contribution in [0.3, 0.4) is 0 Å². The van der Waals surface area contributed by atoms with Crippen molar-refractivity contribution in [2.24, 2.45) is 17.8 Å². The van der Waals surface area contributed by atoms with E-state index in [9.17, 15) is 0 Å². The summed E-state index contributed by atoms with van der Waals surface area (Å²) in [7, 11) is 0. The molecule has 0 aromatic heterocycles. The molecule has 1 fully saturated rings. The van der Waals surface area contributed by atoms with Crippen LogP contribution in [0.15, 0.2) is 0 Å². The molecule has 1 heteroatoms. The van der Waals surface area contributed by atoms with Gasteiger partial charge in [-0.1, -0.05) is 27.7 Å². The minimum Gasteiger partial charge on any atom is -0.300 e. The molecule has 0 saturated carbocycles. The Labute approximate surface area is 77.1 Å². The number of nitrogens with zero attached hydrogens (tertiary/aromatic N) is 1. The molecule has 1 aliphatic rings. The Bertz CT molecular complexity index is 139. The smallest absolute Gasteiger partial charge is 0.00952 e. The van der Waals surface area contributed by atoms with Crippen molar-refractivity contribution < 1.29 is 0 Å². The highest BCUT2D eigenvalue weighted by Gasteiger charge is 2.33. The maximum Gasteiger partial charge on any atom is 0.00952 e. The Morgan fingerprint density at radius 2 is 1.67 bits per heavy atom. The van der Waals surface area contributed by atoms with Crippen molar-refractivity contribution in [3.8, 4) is 0 Å². The van der Waals surface area contributed by atoms with Gasteiger partial charge in [-0.15, -0.1) is 0 Å². The molecule has 0 radical (unpaired) electrons. The lowest BCUT2D eigenvalue weighted by Gasteiger charge is -2.44. The molecule has 1 aliphatic heterocycles. The standard InChI is InChI=1S/C11H23N/c1-6-12-7-8(2)9(3)10(4)11(12)5/h8-11H,6-7H2,1-5H3. The summed E-state index contributed by atoms with van der Waals surface area (Å²) >= 11 is 0. The van der Waals surface area contributed by atoms with E-state index in [4.69, 9.17) is 0 Å². The van der Waals surface area contributed by atoms with E-state index in [1.54, 1.807) is 0 Å². The molecule has 1 rings (SSSR count). The SMILES string of the molecule is CCN1CC(C)C(C)C(C)C1C. The second-order valence-electron chi connectivity index (χ2n) is 4.52. The summed E-state index contributed by atoms with van der Waals surface area (Å²) in [5.74, 6) is 2.62. The summed E-state index contributed by atoms with van der Waals surface area (Å²) in [6, 6.07) is 0.779. The second kappa shape index (κ2) is 3.78. The van der Waals surface area contributed by atoms with Gasteiger partial charge in [-0.3, -0.25) is 0 Å². The topological polar surface area (TPSA) is 3.24 Å². The highest BCUT2D eigenvalue weighted by atomic mass is 15.2. The lowest BCUT2D eigenvalue weighted by Crippen LogP contribution is -2.49. The molecular formula is C11H23N. The molecule has 1 saturated heterocycles. The summed E-state index contributed by atoms with van der Waals surface area (Å²) in [4.78, 5) is 2.61. The van der Waals surface area contributed by atoms with E-state index in [1.807, 2.05) is 0 Å². The Morgan fingerprint density at radius 1 is 1.08 bits per heavy atom. The van der Waals surface area contributed by atoms with Gasteiger partial charge in [0.2, 0.25) is 0 Å². The molecule has 0 bridgehead atoms. The quantitative estimate of drug-likeness (QED) is 0.583. The molecule has 4 unspecified atom stereocenters. The van der Waals surface area contributed by atoms with Crippen molar-refractivity contribution in [1.82, 2.24) is 4.90 Å². The first-order valence-electron chi connectivity index (χ1n) is 5.32. The summed E-state index contributed by atoms with van der Waals surface area (Å²) in [5, 5.41) is 0. The second-order valence-corrected chi connectivity index (χ2v) is 4.52. The van der Waals surface area contributed by atoms with E-state index in [-0.39, 0.29) is 0 Å². The molecule has 0 N–H and O–H groups in total. The van der Waals surface area contributed by atoms with Gasteiger partial charge in [0.25, 0.3) is 0 Å². The van der Waals surface area contributed by atoms with E-state index in [0.29, 0.717) is 0 Å². The summed E-state index contributed by atoms with van der Waals surface area (Å²) < 4.78 is 0. The minimum atomic E-state index is 0.779. The zero-order valence-corrected chi connectivity index (χ0v) is 9.17. The van der Waals surface area contributed by atoms with Crippen molar-refractivity contribution in [2.75, 3.05) is 13.1 Å². The van der Waals surface area contributed by atoms with E-state index in [2.05, 4.69) is 39.5 Å². The molecule has 1 heterocycles. The van der Waals surface area contributed by atoms with Gasteiger partial charge in [0.05, 0.1) is 0 Å². The summed E-state index contributed by atoms with van der Waals surface area (Å²) in [6.45, 7) is 14.3. The van der Waals surface area contributed by atoms with Crippen LogP contribution in [-0.2, 0) is 0 Å². The minimum absolute atomic E-state index is 0.779. The molecule has 0 spiro atoms. The molecule has 0 aliphatic carbocycles. The lowest BCUT2D eigenvalue weighted by atomic mass is 9.77. The molecular weight excluding hydrogens is 146 g/mol. The van der Waals surface area contributed by atoms with Gasteiger partial charge >= 0.3 is 0 Å². The van der Waals surface area contributed by atoms with Crippen molar-refractivity contribution in [3.05, 3.63) is 0 Å². The van der Waals surface area contributed by atoms with Crippen LogP contribution in [0.4, 0.5) is 0 Å². The normalized spacial score (nSPS) is 44.8. The third-order valence-corrected chi connectivity index (χ3v) is 3.99. The van der Waals surface area contributed by atoms with Crippen molar-refractivity contribution in [1.29, 1.82) is 0 Å². The molecule has 12 heavy (non-hydrogen) atoms. The Balaban J connectivity index is 2.63. The molecule has 0 aromatic rings. The van der Waals surface area contributed by atoms with Gasteiger partial charge in [0, 0.05) is 12.6 Å². The highest BCUT2D eigenvalue weighted by molar-refractivity contribution is 4.85. The number of piperidine rings is 1. The van der Waals surface area contributed by atoms with Crippen LogP contribution < -0.4 is 0 Å².